The van der Waals surface area contributed by atoms with Crippen molar-refractivity contribution in [1.29, 1.82) is 0 Å². The molecule has 206 valence electrons. The SMILES string of the molecule is C1=CC2=C(CC1)c1cccc3c1-c1cc(N(c4ccccc4)c4ccc5oc6ccccc6c5c4)ccc1-c1cccc-3c12. The number of anilines is 3. The van der Waals surface area contributed by atoms with Crippen LogP contribution in [0, 0.1) is 0 Å². The number of rotatable bonds is 3. The molecule has 44 heavy (non-hydrogen) atoms. The Morgan fingerprint density at radius 3 is 2.07 bits per heavy atom. The first-order chi connectivity index (χ1) is 21.8. The second kappa shape index (κ2) is 8.95. The normalized spacial score (nSPS) is 14.0. The molecule has 0 radical (unpaired) electrons. The van der Waals surface area contributed by atoms with Crippen LogP contribution in [0.4, 0.5) is 17.1 Å². The fourth-order valence-electron chi connectivity index (χ4n) is 7.78. The van der Waals surface area contributed by atoms with Crippen molar-refractivity contribution >= 4 is 50.1 Å². The van der Waals surface area contributed by atoms with Gasteiger partial charge < -0.3 is 9.32 Å². The molecule has 0 aliphatic heterocycles. The largest absolute Gasteiger partial charge is 0.456 e. The standard InChI is InChI=1S/C42H27NO/c1-2-10-26(11-3-1)43(28-21-23-40-37(24-28)31-13-6-7-19-39(31)44-40)27-20-22-30-34-16-9-17-35-36-18-8-15-33(42(36)38(30)25-27)29-12-4-5-14-32(29)41(34)35/h1-3,5-11,13-25H,4,12H2. The molecule has 10 rings (SSSR count). The lowest BCUT2D eigenvalue weighted by Gasteiger charge is -2.28. The van der Waals surface area contributed by atoms with E-state index in [0.29, 0.717) is 0 Å². The van der Waals surface area contributed by atoms with Gasteiger partial charge in [0.15, 0.2) is 0 Å². The van der Waals surface area contributed by atoms with Crippen molar-refractivity contribution in [3.63, 3.8) is 0 Å². The molecule has 0 fully saturated rings. The summed E-state index contributed by atoms with van der Waals surface area (Å²) in [6.45, 7) is 0. The second-order valence-electron chi connectivity index (χ2n) is 12.0. The minimum Gasteiger partial charge on any atom is -0.456 e. The average Bonchev–Trinajstić information content (AvgIpc) is 3.41. The summed E-state index contributed by atoms with van der Waals surface area (Å²) in [6, 6.07) is 46.4. The molecular formula is C42H27NO. The van der Waals surface area contributed by atoms with E-state index in [1.54, 1.807) is 0 Å². The molecular weight excluding hydrogens is 534 g/mol. The Morgan fingerprint density at radius 2 is 1.18 bits per heavy atom. The quantitative estimate of drug-likeness (QED) is 0.213. The van der Waals surface area contributed by atoms with E-state index in [9.17, 15) is 0 Å². The molecule has 2 heteroatoms. The van der Waals surface area contributed by atoms with Crippen LogP contribution in [0.1, 0.15) is 24.0 Å². The van der Waals surface area contributed by atoms with Crippen molar-refractivity contribution in [1.82, 2.24) is 0 Å². The summed E-state index contributed by atoms with van der Waals surface area (Å²) in [4.78, 5) is 2.38. The van der Waals surface area contributed by atoms with E-state index in [1.807, 2.05) is 12.1 Å². The summed E-state index contributed by atoms with van der Waals surface area (Å²) in [5, 5.41) is 2.26. The van der Waals surface area contributed by atoms with Gasteiger partial charge in [-0.15, -0.1) is 0 Å². The number of fused-ring (bicyclic) bond motifs is 6. The fraction of sp³-hybridized carbons (Fsp3) is 0.0476. The molecule has 0 saturated carbocycles. The number of nitrogens with zero attached hydrogens (tertiary/aromatic N) is 1. The molecule has 6 bridgehead atoms. The molecule has 0 N–H and O–H groups in total. The molecule has 0 spiro atoms. The maximum Gasteiger partial charge on any atom is 0.135 e. The van der Waals surface area contributed by atoms with Crippen molar-refractivity contribution in [2.24, 2.45) is 0 Å². The minimum atomic E-state index is 0.906. The van der Waals surface area contributed by atoms with Crippen LogP contribution < -0.4 is 4.90 Å². The van der Waals surface area contributed by atoms with E-state index in [0.717, 1.165) is 51.8 Å². The Labute approximate surface area is 255 Å². The monoisotopic (exact) mass is 561 g/mol. The molecule has 0 unspecified atom stereocenters. The van der Waals surface area contributed by atoms with Gasteiger partial charge in [-0.1, -0.05) is 91.0 Å². The first-order valence-corrected chi connectivity index (χ1v) is 15.4. The molecule has 7 aromatic rings. The lowest BCUT2D eigenvalue weighted by atomic mass is 9.80. The molecule has 1 aromatic heterocycles. The highest BCUT2D eigenvalue weighted by molar-refractivity contribution is 6.16. The highest BCUT2D eigenvalue weighted by Gasteiger charge is 2.32. The molecule has 6 aromatic carbocycles. The predicted octanol–water partition coefficient (Wildman–Crippen LogP) is 11.9. The van der Waals surface area contributed by atoms with Crippen molar-refractivity contribution in [3.8, 4) is 33.4 Å². The third-order valence-electron chi connectivity index (χ3n) is 9.64. The van der Waals surface area contributed by atoms with E-state index in [4.69, 9.17) is 4.42 Å². The van der Waals surface area contributed by atoms with Gasteiger partial charge in [0.25, 0.3) is 0 Å². The highest BCUT2D eigenvalue weighted by Crippen LogP contribution is 2.56. The van der Waals surface area contributed by atoms with Gasteiger partial charge in [-0.25, -0.2) is 0 Å². The van der Waals surface area contributed by atoms with Gasteiger partial charge in [0.1, 0.15) is 11.2 Å². The second-order valence-corrected chi connectivity index (χ2v) is 12.0. The maximum absolute atomic E-state index is 6.19. The highest BCUT2D eigenvalue weighted by atomic mass is 16.3. The Hall–Kier alpha value is -5.60. The van der Waals surface area contributed by atoms with Gasteiger partial charge in [0.05, 0.1) is 0 Å². The molecule has 1 heterocycles. The van der Waals surface area contributed by atoms with Crippen molar-refractivity contribution < 1.29 is 4.42 Å². The zero-order valence-corrected chi connectivity index (χ0v) is 24.0. The molecule has 0 atom stereocenters. The van der Waals surface area contributed by atoms with Crippen LogP contribution in [-0.4, -0.2) is 0 Å². The molecule has 3 aliphatic carbocycles. The van der Waals surface area contributed by atoms with Crippen LogP contribution >= 0.6 is 0 Å². The van der Waals surface area contributed by atoms with Gasteiger partial charge in [0, 0.05) is 27.8 Å². The van der Waals surface area contributed by atoms with Crippen LogP contribution in [0.5, 0.6) is 0 Å². The van der Waals surface area contributed by atoms with Crippen molar-refractivity contribution in [2.45, 2.75) is 12.8 Å². The number of hydrogen-bond acceptors (Lipinski definition) is 2. The smallest absolute Gasteiger partial charge is 0.135 e. The summed E-state index contributed by atoms with van der Waals surface area (Å²) in [7, 11) is 0. The summed E-state index contributed by atoms with van der Waals surface area (Å²) < 4.78 is 6.19. The average molecular weight is 562 g/mol. The summed E-state index contributed by atoms with van der Waals surface area (Å²) in [5.74, 6) is 0. The Balaban J connectivity index is 1.25. The van der Waals surface area contributed by atoms with E-state index >= 15 is 0 Å². The Morgan fingerprint density at radius 1 is 0.477 bits per heavy atom. The van der Waals surface area contributed by atoms with Crippen molar-refractivity contribution in [3.05, 3.63) is 151 Å². The molecule has 0 amide bonds. The zero-order chi connectivity index (χ0) is 28.8. The zero-order valence-electron chi connectivity index (χ0n) is 24.0. The number of hydrogen-bond donors (Lipinski definition) is 0. The fourth-order valence-corrected chi connectivity index (χ4v) is 7.78. The Bertz CT molecular complexity index is 2390. The van der Waals surface area contributed by atoms with Crippen LogP contribution in [0.25, 0.3) is 66.5 Å². The third kappa shape index (κ3) is 3.25. The van der Waals surface area contributed by atoms with Crippen molar-refractivity contribution in [2.75, 3.05) is 4.90 Å². The first-order valence-electron chi connectivity index (χ1n) is 15.4. The lowest BCUT2D eigenvalue weighted by molar-refractivity contribution is 0.669. The summed E-state index contributed by atoms with van der Waals surface area (Å²) >= 11 is 0. The number of allylic oxidation sites excluding steroid dienone is 4. The number of para-hydroxylation sites is 2. The van der Waals surface area contributed by atoms with Gasteiger partial charge in [-0.05, 0) is 117 Å². The molecule has 2 nitrogen and oxygen atoms in total. The predicted molar refractivity (Wildman–Crippen MR) is 183 cm³/mol. The van der Waals surface area contributed by atoms with E-state index < -0.39 is 0 Å². The summed E-state index contributed by atoms with van der Waals surface area (Å²) in [6.07, 6.45) is 6.86. The lowest BCUT2D eigenvalue weighted by Crippen LogP contribution is -2.10. The van der Waals surface area contributed by atoms with Gasteiger partial charge in [0.2, 0.25) is 0 Å². The van der Waals surface area contributed by atoms with Gasteiger partial charge >= 0.3 is 0 Å². The number of benzene rings is 6. The molecule has 0 saturated heterocycles. The minimum absolute atomic E-state index is 0.906. The molecule has 3 aliphatic rings. The van der Waals surface area contributed by atoms with Crippen LogP contribution in [0.3, 0.4) is 0 Å². The third-order valence-corrected chi connectivity index (χ3v) is 9.64. The topological polar surface area (TPSA) is 16.4 Å². The first kappa shape index (κ1) is 23.9. The van der Waals surface area contributed by atoms with Gasteiger partial charge in [-0.2, -0.15) is 0 Å². The number of furan rings is 1. The van der Waals surface area contributed by atoms with Crippen LogP contribution in [0.2, 0.25) is 0 Å². The van der Waals surface area contributed by atoms with Crippen LogP contribution in [-0.2, 0) is 0 Å². The van der Waals surface area contributed by atoms with E-state index in [-0.39, 0.29) is 0 Å². The Kier molecular flexibility index (Phi) is 4.86. The van der Waals surface area contributed by atoms with Gasteiger partial charge in [-0.3, -0.25) is 0 Å². The maximum atomic E-state index is 6.19. The summed E-state index contributed by atoms with van der Waals surface area (Å²) in [5.41, 5.74) is 18.8. The van der Waals surface area contributed by atoms with Crippen LogP contribution in [0.15, 0.2) is 144 Å². The van der Waals surface area contributed by atoms with E-state index in [1.165, 1.54) is 55.7 Å². The van der Waals surface area contributed by atoms with E-state index in [2.05, 4.69) is 132 Å².